The Morgan fingerprint density at radius 1 is 1.29 bits per heavy atom. The van der Waals surface area contributed by atoms with Gasteiger partial charge >= 0.3 is 0 Å². The molecule has 0 saturated carbocycles. The Hall–Kier alpha value is -0.960. The van der Waals surface area contributed by atoms with Crippen molar-refractivity contribution < 1.29 is 9.00 Å². The largest absolute Gasteiger partial charge is 0.293 e. The van der Waals surface area contributed by atoms with Crippen molar-refractivity contribution in [2.75, 3.05) is 5.75 Å². The minimum absolute atomic E-state index is 0.00623. The van der Waals surface area contributed by atoms with E-state index in [2.05, 4.69) is 0 Å². The van der Waals surface area contributed by atoms with Gasteiger partial charge in [-0.15, -0.1) is 0 Å². The van der Waals surface area contributed by atoms with Gasteiger partial charge in [-0.3, -0.25) is 9.00 Å². The van der Waals surface area contributed by atoms with Gasteiger partial charge in [0.15, 0.2) is 5.78 Å². The molecule has 0 aromatic heterocycles. The molecule has 0 aliphatic heterocycles. The first kappa shape index (κ1) is 12.5. The minimum atomic E-state index is -1.05. The number of fused-ring (bicyclic) bond motifs is 1. The van der Waals surface area contributed by atoms with E-state index < -0.39 is 10.8 Å². The number of hydrogen-bond donors (Lipinski definition) is 0. The van der Waals surface area contributed by atoms with E-state index in [0.717, 1.165) is 18.4 Å². The number of aryl methyl sites for hydroxylation is 2. The van der Waals surface area contributed by atoms with Gasteiger partial charge in [-0.25, -0.2) is 0 Å². The summed E-state index contributed by atoms with van der Waals surface area (Å²) in [5.41, 5.74) is 3.39. The number of hydrogen-bond acceptors (Lipinski definition) is 2. The molecule has 1 atom stereocenters. The molecule has 1 aromatic rings. The van der Waals surface area contributed by atoms with Crippen LogP contribution in [0, 0.1) is 0 Å². The van der Waals surface area contributed by atoms with Crippen LogP contribution in [0.5, 0.6) is 0 Å². The van der Waals surface area contributed by atoms with Crippen molar-refractivity contribution in [2.24, 2.45) is 0 Å². The topological polar surface area (TPSA) is 34.1 Å². The Kier molecular flexibility index (Phi) is 3.77. The molecule has 0 N–H and O–H groups in total. The van der Waals surface area contributed by atoms with Gasteiger partial charge in [-0.2, -0.15) is 0 Å². The summed E-state index contributed by atoms with van der Waals surface area (Å²) in [6.45, 7) is 3.76. The molecule has 1 unspecified atom stereocenters. The molecule has 1 aliphatic rings. The number of rotatable bonds is 4. The van der Waals surface area contributed by atoms with Gasteiger partial charge < -0.3 is 0 Å². The zero-order chi connectivity index (χ0) is 12.4. The van der Waals surface area contributed by atoms with E-state index in [0.29, 0.717) is 0 Å². The van der Waals surface area contributed by atoms with Crippen molar-refractivity contribution >= 4 is 16.6 Å². The van der Waals surface area contributed by atoms with E-state index in [9.17, 15) is 9.00 Å². The van der Waals surface area contributed by atoms with E-state index in [-0.39, 0.29) is 16.8 Å². The lowest BCUT2D eigenvalue weighted by Crippen LogP contribution is -2.17. The zero-order valence-corrected chi connectivity index (χ0v) is 11.2. The van der Waals surface area contributed by atoms with Crippen LogP contribution in [0.25, 0.3) is 0 Å². The van der Waals surface area contributed by atoms with Crippen LogP contribution in [0.3, 0.4) is 0 Å². The molecule has 0 amide bonds. The molecule has 2 rings (SSSR count). The number of ketones is 1. The van der Waals surface area contributed by atoms with Crippen LogP contribution in [-0.4, -0.2) is 21.0 Å². The molecule has 0 heterocycles. The van der Waals surface area contributed by atoms with Crippen LogP contribution in [0.4, 0.5) is 0 Å². The van der Waals surface area contributed by atoms with E-state index in [1.54, 1.807) is 0 Å². The van der Waals surface area contributed by atoms with Crippen molar-refractivity contribution in [1.29, 1.82) is 0 Å². The van der Waals surface area contributed by atoms with Gasteiger partial charge in [-0.1, -0.05) is 26.0 Å². The van der Waals surface area contributed by atoms with Gasteiger partial charge in [0.1, 0.15) is 0 Å². The predicted molar refractivity (Wildman–Crippen MR) is 70.9 cm³/mol. The highest BCUT2D eigenvalue weighted by molar-refractivity contribution is 7.86. The maximum Gasteiger partial charge on any atom is 0.175 e. The molecule has 0 fully saturated rings. The summed E-state index contributed by atoms with van der Waals surface area (Å²) >= 11 is 0. The summed E-state index contributed by atoms with van der Waals surface area (Å²) in [7, 11) is -1.05. The third-order valence-electron chi connectivity index (χ3n) is 3.22. The summed E-state index contributed by atoms with van der Waals surface area (Å²) in [6, 6.07) is 5.92. The highest BCUT2D eigenvalue weighted by atomic mass is 32.2. The van der Waals surface area contributed by atoms with Crippen molar-refractivity contribution in [1.82, 2.24) is 0 Å². The van der Waals surface area contributed by atoms with Gasteiger partial charge in [-0.05, 0) is 36.5 Å². The molecule has 17 heavy (non-hydrogen) atoms. The summed E-state index contributed by atoms with van der Waals surface area (Å²) in [4.78, 5) is 12.0. The van der Waals surface area contributed by atoms with Gasteiger partial charge in [0.2, 0.25) is 0 Å². The van der Waals surface area contributed by atoms with E-state index in [1.807, 2.05) is 32.0 Å². The molecule has 92 valence electrons. The highest BCUT2D eigenvalue weighted by Gasteiger charge is 2.16. The Bertz CT molecular complexity index is 463. The van der Waals surface area contributed by atoms with Gasteiger partial charge in [0.25, 0.3) is 0 Å². The van der Waals surface area contributed by atoms with Crippen molar-refractivity contribution in [3.05, 3.63) is 34.9 Å². The third-order valence-corrected chi connectivity index (χ3v) is 4.82. The SMILES string of the molecule is CC(C)S(=O)CC(=O)c1ccc2c(c1)CCC2. The number of carbonyl (C=O) groups excluding carboxylic acids is 1. The van der Waals surface area contributed by atoms with Crippen LogP contribution < -0.4 is 0 Å². The second kappa shape index (κ2) is 5.13. The highest BCUT2D eigenvalue weighted by Crippen LogP contribution is 2.23. The Morgan fingerprint density at radius 3 is 2.71 bits per heavy atom. The van der Waals surface area contributed by atoms with E-state index >= 15 is 0 Å². The molecule has 1 aliphatic carbocycles. The molecular formula is C14H18O2S. The molecule has 1 aromatic carbocycles. The number of Topliss-reactive ketones (excluding diaryl/α,β-unsaturated/α-hetero) is 1. The molecule has 0 bridgehead atoms. The molecule has 0 radical (unpaired) electrons. The zero-order valence-electron chi connectivity index (χ0n) is 10.4. The first-order valence-corrected chi connectivity index (χ1v) is 7.48. The number of benzene rings is 1. The molecule has 3 heteroatoms. The summed E-state index contributed by atoms with van der Waals surface area (Å²) in [5.74, 6) is 0.155. The normalized spacial score (nSPS) is 15.9. The Morgan fingerprint density at radius 2 is 2.00 bits per heavy atom. The maximum absolute atomic E-state index is 12.0. The van der Waals surface area contributed by atoms with Gasteiger partial charge in [0, 0.05) is 21.6 Å². The van der Waals surface area contributed by atoms with Crippen molar-refractivity contribution in [2.45, 2.75) is 38.4 Å². The van der Waals surface area contributed by atoms with Crippen LogP contribution in [0.1, 0.15) is 41.8 Å². The minimum Gasteiger partial charge on any atom is -0.293 e. The van der Waals surface area contributed by atoms with Gasteiger partial charge in [0.05, 0.1) is 5.75 Å². The van der Waals surface area contributed by atoms with Crippen molar-refractivity contribution in [3.63, 3.8) is 0 Å². The Balaban J connectivity index is 2.12. The first-order valence-electron chi connectivity index (χ1n) is 6.10. The Labute approximate surface area is 105 Å². The monoisotopic (exact) mass is 250 g/mol. The average molecular weight is 250 g/mol. The fourth-order valence-corrected chi connectivity index (χ4v) is 2.88. The fraction of sp³-hybridized carbons (Fsp3) is 0.500. The molecular weight excluding hydrogens is 232 g/mol. The lowest BCUT2D eigenvalue weighted by atomic mass is 10.0. The quantitative estimate of drug-likeness (QED) is 0.769. The van der Waals surface area contributed by atoms with E-state index in [1.165, 1.54) is 17.5 Å². The molecule has 0 saturated heterocycles. The lowest BCUT2D eigenvalue weighted by molar-refractivity contribution is 0.102. The van der Waals surface area contributed by atoms with Crippen molar-refractivity contribution in [3.8, 4) is 0 Å². The molecule has 0 spiro atoms. The maximum atomic E-state index is 12.0. The molecule has 2 nitrogen and oxygen atoms in total. The predicted octanol–water partition coefficient (Wildman–Crippen LogP) is 2.52. The standard InChI is InChI=1S/C14H18O2S/c1-10(2)17(16)9-14(15)13-7-6-11-4-3-5-12(11)8-13/h6-8,10H,3-5,9H2,1-2H3. The van der Waals surface area contributed by atoms with Crippen LogP contribution in [-0.2, 0) is 23.6 Å². The van der Waals surface area contributed by atoms with Crippen LogP contribution in [0.2, 0.25) is 0 Å². The summed E-state index contributed by atoms with van der Waals surface area (Å²) < 4.78 is 11.7. The number of carbonyl (C=O) groups is 1. The average Bonchev–Trinajstić information content (AvgIpc) is 2.75. The second-order valence-corrected chi connectivity index (χ2v) is 6.83. The summed E-state index contributed by atoms with van der Waals surface area (Å²) in [5, 5.41) is 0.0494. The lowest BCUT2D eigenvalue weighted by Gasteiger charge is -2.06. The first-order chi connectivity index (χ1) is 8.08. The fourth-order valence-electron chi connectivity index (χ4n) is 2.12. The second-order valence-electron chi connectivity index (χ2n) is 4.83. The third kappa shape index (κ3) is 2.83. The van der Waals surface area contributed by atoms with Crippen LogP contribution >= 0.6 is 0 Å². The smallest absolute Gasteiger partial charge is 0.175 e. The summed E-state index contributed by atoms with van der Waals surface area (Å²) in [6.07, 6.45) is 3.39. The van der Waals surface area contributed by atoms with E-state index in [4.69, 9.17) is 0 Å². The van der Waals surface area contributed by atoms with Crippen LogP contribution in [0.15, 0.2) is 18.2 Å².